The highest BCUT2D eigenvalue weighted by Gasteiger charge is 2.17. The van der Waals surface area contributed by atoms with Gasteiger partial charge in [-0.1, -0.05) is 37.3 Å². The Labute approximate surface area is 87.0 Å². The van der Waals surface area contributed by atoms with E-state index in [2.05, 4.69) is 0 Å². The van der Waals surface area contributed by atoms with Crippen LogP contribution in [0, 0.1) is 5.92 Å². The van der Waals surface area contributed by atoms with Crippen LogP contribution in [-0.4, -0.2) is 8.76 Å². The Morgan fingerprint density at radius 1 is 1.57 bits per heavy atom. The third-order valence-electron chi connectivity index (χ3n) is 2.08. The maximum atomic E-state index is 11.0. The van der Waals surface area contributed by atoms with Gasteiger partial charge in [-0.2, -0.15) is 0 Å². The van der Waals surface area contributed by atoms with Gasteiger partial charge in [-0.25, -0.2) is 4.21 Å². The summed E-state index contributed by atoms with van der Waals surface area (Å²) in [7, 11) is 0. The first-order chi connectivity index (χ1) is 6.66. The Morgan fingerprint density at radius 2 is 2.29 bits per heavy atom. The van der Waals surface area contributed by atoms with Crippen LogP contribution in [-0.2, 0) is 11.1 Å². The van der Waals surface area contributed by atoms with Gasteiger partial charge in [0.05, 0.1) is 4.91 Å². The quantitative estimate of drug-likeness (QED) is 0.712. The number of hydrogen-bond donors (Lipinski definition) is 1. The third-order valence-corrected chi connectivity index (χ3v) is 2.83. The minimum Gasteiger partial charge on any atom is -0.302 e. The van der Waals surface area contributed by atoms with E-state index in [0.717, 1.165) is 5.57 Å². The summed E-state index contributed by atoms with van der Waals surface area (Å²) >= 11 is -1.90. The van der Waals surface area contributed by atoms with Crippen molar-refractivity contribution in [3.63, 3.8) is 0 Å². The van der Waals surface area contributed by atoms with Crippen molar-refractivity contribution in [1.29, 1.82) is 0 Å². The second-order valence-electron chi connectivity index (χ2n) is 3.10. The SMILES string of the molecule is CC=CC=C1C(S(=O)O)=CC=CC1C. The molecule has 14 heavy (non-hydrogen) atoms. The van der Waals surface area contributed by atoms with Gasteiger partial charge < -0.3 is 4.55 Å². The molecule has 1 aliphatic carbocycles. The third kappa shape index (κ3) is 2.53. The molecule has 0 aromatic rings. The van der Waals surface area contributed by atoms with Crippen molar-refractivity contribution in [2.75, 3.05) is 0 Å². The molecule has 2 nitrogen and oxygen atoms in total. The van der Waals surface area contributed by atoms with Crippen molar-refractivity contribution in [2.45, 2.75) is 13.8 Å². The molecule has 76 valence electrons. The zero-order valence-electron chi connectivity index (χ0n) is 8.31. The Bertz CT molecular complexity index is 348. The zero-order valence-corrected chi connectivity index (χ0v) is 9.12. The predicted octanol–water partition coefficient (Wildman–Crippen LogP) is 2.80. The van der Waals surface area contributed by atoms with Gasteiger partial charge in [-0.05, 0) is 18.6 Å². The Balaban J connectivity index is 3.06. The van der Waals surface area contributed by atoms with Crippen LogP contribution in [0.15, 0.2) is 46.9 Å². The molecular weight excluding hydrogens is 196 g/mol. The van der Waals surface area contributed by atoms with Gasteiger partial charge in [-0.15, -0.1) is 0 Å². The lowest BCUT2D eigenvalue weighted by Gasteiger charge is -2.16. The largest absolute Gasteiger partial charge is 0.302 e. The smallest absolute Gasteiger partial charge is 0.186 e. The van der Waals surface area contributed by atoms with E-state index in [1.54, 1.807) is 6.08 Å². The van der Waals surface area contributed by atoms with Gasteiger partial charge in [0.25, 0.3) is 0 Å². The fraction of sp³-hybridized carbons (Fsp3) is 0.273. The molecule has 1 rings (SSSR count). The fourth-order valence-electron chi connectivity index (χ4n) is 1.33. The van der Waals surface area contributed by atoms with Gasteiger partial charge in [0.15, 0.2) is 11.1 Å². The first kappa shape index (κ1) is 11.1. The lowest BCUT2D eigenvalue weighted by atomic mass is 9.96. The van der Waals surface area contributed by atoms with Crippen molar-refractivity contribution in [3.8, 4) is 0 Å². The molecular formula is C11H14O2S. The van der Waals surface area contributed by atoms with Gasteiger partial charge >= 0.3 is 0 Å². The van der Waals surface area contributed by atoms with Crippen LogP contribution in [0.4, 0.5) is 0 Å². The summed E-state index contributed by atoms with van der Waals surface area (Å²) in [6.45, 7) is 3.92. The van der Waals surface area contributed by atoms with E-state index in [9.17, 15) is 4.21 Å². The first-order valence-corrected chi connectivity index (χ1v) is 5.60. The summed E-state index contributed by atoms with van der Waals surface area (Å²) in [5, 5.41) is 0. The molecule has 1 aliphatic rings. The number of allylic oxidation sites excluding steroid dienone is 7. The summed E-state index contributed by atoms with van der Waals surface area (Å²) in [4.78, 5) is 0.498. The standard InChI is InChI=1S/C11H14O2S/c1-3-4-7-10-9(2)6-5-8-11(10)14(12)13/h3-9H,1-2H3,(H,12,13). The van der Waals surface area contributed by atoms with Crippen molar-refractivity contribution in [1.82, 2.24) is 0 Å². The highest BCUT2D eigenvalue weighted by molar-refractivity contribution is 7.83. The summed E-state index contributed by atoms with van der Waals surface area (Å²) in [6, 6.07) is 0. The Kier molecular flexibility index (Phi) is 4.04. The lowest BCUT2D eigenvalue weighted by molar-refractivity contribution is 0.570. The maximum absolute atomic E-state index is 11.0. The van der Waals surface area contributed by atoms with Crippen LogP contribution in [0.1, 0.15) is 13.8 Å². The zero-order chi connectivity index (χ0) is 10.6. The molecule has 0 bridgehead atoms. The van der Waals surface area contributed by atoms with E-state index in [0.29, 0.717) is 4.91 Å². The minimum absolute atomic E-state index is 0.197. The van der Waals surface area contributed by atoms with Crippen molar-refractivity contribution in [2.24, 2.45) is 5.92 Å². The Hall–Kier alpha value is -0.930. The summed E-state index contributed by atoms with van der Waals surface area (Å²) in [6.07, 6.45) is 11.2. The van der Waals surface area contributed by atoms with Crippen LogP contribution in [0.5, 0.6) is 0 Å². The van der Waals surface area contributed by atoms with Crippen LogP contribution >= 0.6 is 0 Å². The topological polar surface area (TPSA) is 37.3 Å². The summed E-state index contributed by atoms with van der Waals surface area (Å²) in [5.74, 6) is 0.197. The normalized spacial score (nSPS) is 26.9. The van der Waals surface area contributed by atoms with E-state index in [4.69, 9.17) is 4.55 Å². The van der Waals surface area contributed by atoms with Gasteiger partial charge in [0, 0.05) is 5.92 Å². The monoisotopic (exact) mass is 210 g/mol. The molecule has 0 radical (unpaired) electrons. The summed E-state index contributed by atoms with van der Waals surface area (Å²) < 4.78 is 20.1. The highest BCUT2D eigenvalue weighted by Crippen LogP contribution is 2.26. The second kappa shape index (κ2) is 5.08. The summed E-state index contributed by atoms with van der Waals surface area (Å²) in [5.41, 5.74) is 0.909. The van der Waals surface area contributed by atoms with Crippen LogP contribution < -0.4 is 0 Å². The average Bonchev–Trinajstić information content (AvgIpc) is 2.15. The molecule has 1 N–H and O–H groups in total. The van der Waals surface area contributed by atoms with Crippen LogP contribution in [0.3, 0.4) is 0 Å². The number of rotatable bonds is 2. The van der Waals surface area contributed by atoms with Crippen molar-refractivity contribution in [3.05, 3.63) is 46.9 Å². The predicted molar refractivity (Wildman–Crippen MR) is 60.1 cm³/mol. The molecule has 0 aromatic heterocycles. The molecule has 0 aliphatic heterocycles. The molecule has 0 aromatic carbocycles. The molecule has 3 heteroatoms. The first-order valence-electron chi connectivity index (χ1n) is 4.49. The van der Waals surface area contributed by atoms with Gasteiger partial charge in [0.1, 0.15) is 0 Å². The van der Waals surface area contributed by atoms with Crippen molar-refractivity contribution >= 4 is 11.1 Å². The molecule has 0 saturated heterocycles. The molecule has 0 saturated carbocycles. The minimum atomic E-state index is -1.90. The van der Waals surface area contributed by atoms with E-state index in [1.165, 1.54) is 0 Å². The lowest BCUT2D eigenvalue weighted by Crippen LogP contribution is -2.07. The molecule has 2 atom stereocenters. The van der Waals surface area contributed by atoms with Crippen LogP contribution in [0.2, 0.25) is 0 Å². The number of hydrogen-bond acceptors (Lipinski definition) is 1. The van der Waals surface area contributed by atoms with E-state index >= 15 is 0 Å². The molecule has 0 heterocycles. The fourth-order valence-corrected chi connectivity index (χ4v) is 1.98. The van der Waals surface area contributed by atoms with Gasteiger partial charge in [0.2, 0.25) is 0 Å². The van der Waals surface area contributed by atoms with E-state index < -0.39 is 11.1 Å². The van der Waals surface area contributed by atoms with E-state index in [-0.39, 0.29) is 5.92 Å². The molecule has 0 fully saturated rings. The molecule has 0 spiro atoms. The van der Waals surface area contributed by atoms with Crippen molar-refractivity contribution < 1.29 is 8.76 Å². The molecule has 2 unspecified atom stereocenters. The van der Waals surface area contributed by atoms with E-state index in [1.807, 2.05) is 44.2 Å². The molecule has 0 amide bonds. The van der Waals surface area contributed by atoms with Crippen LogP contribution in [0.25, 0.3) is 0 Å². The van der Waals surface area contributed by atoms with Gasteiger partial charge in [-0.3, -0.25) is 0 Å². The second-order valence-corrected chi connectivity index (χ2v) is 4.04. The maximum Gasteiger partial charge on any atom is 0.186 e. The average molecular weight is 210 g/mol. The Morgan fingerprint density at radius 3 is 2.86 bits per heavy atom. The highest BCUT2D eigenvalue weighted by atomic mass is 32.2.